The normalized spacial score (nSPS) is 9.76. The molecule has 0 saturated heterocycles. The standard InChI is InChI=1S/C12H15NO4/c1-3-13-11(14)7-17-10-6-4-5-9(8(10)2)12(15)16/h4-6H,3,7H2,1-2H3,(H,13,14)(H,15,16). The molecule has 5 nitrogen and oxygen atoms in total. The second kappa shape index (κ2) is 5.89. The Morgan fingerprint density at radius 2 is 2.12 bits per heavy atom. The molecule has 2 N–H and O–H groups in total. The van der Waals surface area contributed by atoms with Gasteiger partial charge in [-0.25, -0.2) is 4.79 Å². The molecule has 0 radical (unpaired) electrons. The molecule has 0 aromatic heterocycles. The van der Waals surface area contributed by atoms with Gasteiger partial charge < -0.3 is 15.2 Å². The van der Waals surface area contributed by atoms with E-state index in [0.29, 0.717) is 17.9 Å². The van der Waals surface area contributed by atoms with Gasteiger partial charge in [-0.1, -0.05) is 6.07 Å². The quantitative estimate of drug-likeness (QED) is 0.807. The van der Waals surface area contributed by atoms with Crippen LogP contribution in [-0.2, 0) is 4.79 Å². The van der Waals surface area contributed by atoms with Crippen LogP contribution in [0.2, 0.25) is 0 Å². The molecule has 1 aromatic rings. The summed E-state index contributed by atoms with van der Waals surface area (Å²) in [5.74, 6) is -0.824. The van der Waals surface area contributed by atoms with Crippen LogP contribution >= 0.6 is 0 Å². The van der Waals surface area contributed by atoms with Gasteiger partial charge in [0.1, 0.15) is 5.75 Å². The van der Waals surface area contributed by atoms with Crippen LogP contribution in [-0.4, -0.2) is 30.1 Å². The van der Waals surface area contributed by atoms with Crippen molar-refractivity contribution in [3.8, 4) is 5.75 Å². The molecule has 0 unspecified atom stereocenters. The largest absolute Gasteiger partial charge is 0.483 e. The van der Waals surface area contributed by atoms with Gasteiger partial charge in [0.25, 0.3) is 5.91 Å². The number of carboxylic acid groups (broad SMARTS) is 1. The minimum Gasteiger partial charge on any atom is -0.483 e. The van der Waals surface area contributed by atoms with Gasteiger partial charge >= 0.3 is 5.97 Å². The average molecular weight is 237 g/mol. The predicted octanol–water partition coefficient (Wildman–Crippen LogP) is 1.21. The van der Waals surface area contributed by atoms with E-state index < -0.39 is 5.97 Å². The molecule has 0 saturated carbocycles. The highest BCUT2D eigenvalue weighted by atomic mass is 16.5. The first-order chi connectivity index (χ1) is 8.06. The van der Waals surface area contributed by atoms with Crippen LogP contribution < -0.4 is 10.1 Å². The van der Waals surface area contributed by atoms with Crippen molar-refractivity contribution in [3.05, 3.63) is 29.3 Å². The minimum atomic E-state index is -1.01. The second-order valence-corrected chi connectivity index (χ2v) is 3.48. The molecule has 1 aromatic carbocycles. The molecule has 0 aliphatic rings. The molecule has 17 heavy (non-hydrogen) atoms. The first kappa shape index (κ1) is 13.0. The van der Waals surface area contributed by atoms with Crippen LogP contribution in [0, 0.1) is 6.92 Å². The van der Waals surface area contributed by atoms with E-state index in [1.807, 2.05) is 6.92 Å². The number of benzene rings is 1. The Morgan fingerprint density at radius 3 is 2.71 bits per heavy atom. The average Bonchev–Trinajstić information content (AvgIpc) is 2.27. The van der Waals surface area contributed by atoms with Gasteiger partial charge in [0, 0.05) is 12.1 Å². The summed E-state index contributed by atoms with van der Waals surface area (Å²) >= 11 is 0. The first-order valence-corrected chi connectivity index (χ1v) is 5.28. The second-order valence-electron chi connectivity index (χ2n) is 3.48. The summed E-state index contributed by atoms with van der Waals surface area (Å²) in [4.78, 5) is 22.1. The number of likely N-dealkylation sites (N-methyl/N-ethyl adjacent to an activating group) is 1. The molecular formula is C12H15NO4. The third-order valence-corrected chi connectivity index (χ3v) is 2.25. The smallest absolute Gasteiger partial charge is 0.336 e. The van der Waals surface area contributed by atoms with Crippen molar-refractivity contribution >= 4 is 11.9 Å². The Kier molecular flexibility index (Phi) is 4.51. The summed E-state index contributed by atoms with van der Waals surface area (Å²) in [6, 6.07) is 4.72. The molecule has 0 aliphatic heterocycles. The number of ether oxygens (including phenoxy) is 1. The van der Waals surface area contributed by atoms with Crippen molar-refractivity contribution < 1.29 is 19.4 Å². The predicted molar refractivity (Wildman–Crippen MR) is 62.3 cm³/mol. The van der Waals surface area contributed by atoms with E-state index in [2.05, 4.69) is 5.32 Å². The fraction of sp³-hybridized carbons (Fsp3) is 0.333. The summed E-state index contributed by atoms with van der Waals surface area (Å²) < 4.78 is 5.27. The topological polar surface area (TPSA) is 75.6 Å². The summed E-state index contributed by atoms with van der Waals surface area (Å²) in [7, 11) is 0. The van der Waals surface area contributed by atoms with Crippen LogP contribution in [0.25, 0.3) is 0 Å². The lowest BCUT2D eigenvalue weighted by molar-refractivity contribution is -0.122. The molecule has 0 atom stereocenters. The Morgan fingerprint density at radius 1 is 1.41 bits per heavy atom. The van der Waals surface area contributed by atoms with E-state index in [1.165, 1.54) is 6.07 Å². The summed E-state index contributed by atoms with van der Waals surface area (Å²) in [6.45, 7) is 3.89. The Hall–Kier alpha value is -2.04. The van der Waals surface area contributed by atoms with Gasteiger partial charge in [-0.2, -0.15) is 0 Å². The number of carbonyl (C=O) groups is 2. The molecule has 0 aliphatic carbocycles. The van der Waals surface area contributed by atoms with Gasteiger partial charge in [0.05, 0.1) is 5.56 Å². The van der Waals surface area contributed by atoms with Crippen LogP contribution in [0.15, 0.2) is 18.2 Å². The number of carboxylic acids is 1. The number of hydrogen-bond donors (Lipinski definition) is 2. The lowest BCUT2D eigenvalue weighted by Gasteiger charge is -2.10. The zero-order valence-corrected chi connectivity index (χ0v) is 9.82. The van der Waals surface area contributed by atoms with Crippen molar-refractivity contribution in [1.29, 1.82) is 0 Å². The Labute approximate surface area is 99.4 Å². The number of rotatable bonds is 5. The number of nitrogens with one attached hydrogen (secondary N) is 1. The lowest BCUT2D eigenvalue weighted by atomic mass is 10.1. The fourth-order valence-electron chi connectivity index (χ4n) is 1.39. The summed E-state index contributed by atoms with van der Waals surface area (Å²) in [5.41, 5.74) is 0.697. The lowest BCUT2D eigenvalue weighted by Crippen LogP contribution is -2.28. The van der Waals surface area contributed by atoms with Crippen LogP contribution in [0.5, 0.6) is 5.75 Å². The first-order valence-electron chi connectivity index (χ1n) is 5.28. The molecule has 1 rings (SSSR count). The van der Waals surface area contributed by atoms with E-state index in [-0.39, 0.29) is 18.1 Å². The highest BCUT2D eigenvalue weighted by Gasteiger charge is 2.11. The zero-order chi connectivity index (χ0) is 12.8. The maximum Gasteiger partial charge on any atom is 0.336 e. The van der Waals surface area contributed by atoms with Crippen LogP contribution in [0.3, 0.4) is 0 Å². The van der Waals surface area contributed by atoms with E-state index in [4.69, 9.17) is 9.84 Å². The van der Waals surface area contributed by atoms with Crippen molar-refractivity contribution in [1.82, 2.24) is 5.32 Å². The molecule has 5 heteroatoms. The number of amides is 1. The van der Waals surface area contributed by atoms with Crippen molar-refractivity contribution in [3.63, 3.8) is 0 Å². The Balaban J connectivity index is 2.75. The number of carbonyl (C=O) groups excluding carboxylic acids is 1. The van der Waals surface area contributed by atoms with E-state index in [1.54, 1.807) is 19.1 Å². The monoisotopic (exact) mass is 237 g/mol. The van der Waals surface area contributed by atoms with Crippen molar-refractivity contribution in [2.45, 2.75) is 13.8 Å². The third kappa shape index (κ3) is 3.48. The third-order valence-electron chi connectivity index (χ3n) is 2.25. The van der Waals surface area contributed by atoms with Gasteiger partial charge in [-0.3, -0.25) is 4.79 Å². The van der Waals surface area contributed by atoms with Gasteiger partial charge in [-0.05, 0) is 26.0 Å². The number of hydrogen-bond acceptors (Lipinski definition) is 3. The highest BCUT2D eigenvalue weighted by molar-refractivity contribution is 5.90. The summed E-state index contributed by atoms with van der Waals surface area (Å²) in [5, 5.41) is 11.5. The van der Waals surface area contributed by atoms with Gasteiger partial charge in [0.2, 0.25) is 0 Å². The van der Waals surface area contributed by atoms with E-state index >= 15 is 0 Å². The molecule has 1 amide bonds. The fourth-order valence-corrected chi connectivity index (χ4v) is 1.39. The van der Waals surface area contributed by atoms with E-state index in [9.17, 15) is 9.59 Å². The molecule has 0 fully saturated rings. The Bertz CT molecular complexity index is 429. The highest BCUT2D eigenvalue weighted by Crippen LogP contribution is 2.21. The SMILES string of the molecule is CCNC(=O)COc1cccc(C(=O)O)c1C. The van der Waals surface area contributed by atoms with Gasteiger partial charge in [0.15, 0.2) is 6.61 Å². The maximum atomic E-state index is 11.2. The van der Waals surface area contributed by atoms with Gasteiger partial charge in [-0.15, -0.1) is 0 Å². The zero-order valence-electron chi connectivity index (χ0n) is 9.82. The summed E-state index contributed by atoms with van der Waals surface area (Å²) in [6.07, 6.45) is 0. The molecule has 0 heterocycles. The molecule has 0 bridgehead atoms. The van der Waals surface area contributed by atoms with Crippen LogP contribution in [0.1, 0.15) is 22.8 Å². The molecule has 0 spiro atoms. The maximum absolute atomic E-state index is 11.2. The molecule has 92 valence electrons. The van der Waals surface area contributed by atoms with E-state index in [0.717, 1.165) is 0 Å². The van der Waals surface area contributed by atoms with Crippen molar-refractivity contribution in [2.75, 3.05) is 13.2 Å². The van der Waals surface area contributed by atoms with Crippen molar-refractivity contribution in [2.24, 2.45) is 0 Å². The number of aromatic carboxylic acids is 1. The minimum absolute atomic E-state index is 0.113. The molecular weight excluding hydrogens is 222 g/mol. The van der Waals surface area contributed by atoms with Crippen LogP contribution in [0.4, 0.5) is 0 Å².